The third kappa shape index (κ3) is 4.04. The van der Waals surface area contributed by atoms with Crippen LogP contribution in [0.5, 0.6) is 23.0 Å². The fourth-order valence-electron chi connectivity index (χ4n) is 3.66. The molecule has 0 fully saturated rings. The van der Waals surface area contributed by atoms with Gasteiger partial charge in [0.2, 0.25) is 5.78 Å². The summed E-state index contributed by atoms with van der Waals surface area (Å²) in [4.78, 5) is 25.5. The first kappa shape index (κ1) is 21.1. The van der Waals surface area contributed by atoms with Crippen LogP contribution in [0.3, 0.4) is 0 Å². The number of Topliss-reactive ketones (excluding diaryl/α,β-unsaturated/α-hetero) is 1. The van der Waals surface area contributed by atoms with Gasteiger partial charge in [-0.1, -0.05) is 23.7 Å². The van der Waals surface area contributed by atoms with E-state index < -0.39 is 5.97 Å². The van der Waals surface area contributed by atoms with Gasteiger partial charge >= 0.3 is 5.97 Å². The average Bonchev–Trinajstić information content (AvgIpc) is 3.13. The van der Waals surface area contributed by atoms with E-state index in [1.54, 1.807) is 48.5 Å². The van der Waals surface area contributed by atoms with E-state index in [1.807, 2.05) is 0 Å². The number of para-hydroxylation sites is 1. The molecule has 3 aromatic rings. The third-order valence-electron chi connectivity index (χ3n) is 5.17. The topological polar surface area (TPSA) is 80.3 Å². The van der Waals surface area contributed by atoms with Crippen LogP contribution in [0.2, 0.25) is 5.02 Å². The molecule has 0 aromatic heterocycles. The molecule has 2 heterocycles. The van der Waals surface area contributed by atoms with Crippen molar-refractivity contribution in [3.8, 4) is 23.0 Å². The number of allylic oxidation sites excluding steroid dienone is 1. The highest BCUT2D eigenvalue weighted by molar-refractivity contribution is 6.31. The van der Waals surface area contributed by atoms with E-state index in [9.17, 15) is 9.59 Å². The van der Waals surface area contributed by atoms with Crippen molar-refractivity contribution >= 4 is 29.4 Å². The number of esters is 1. The van der Waals surface area contributed by atoms with E-state index in [4.69, 9.17) is 35.3 Å². The molecule has 0 bridgehead atoms. The van der Waals surface area contributed by atoms with Gasteiger partial charge in [-0.25, -0.2) is 4.79 Å². The Morgan fingerprint density at radius 1 is 1.12 bits per heavy atom. The van der Waals surface area contributed by atoms with Gasteiger partial charge in [-0.05, 0) is 42.5 Å². The number of methoxy groups -OCH3 is 1. The van der Waals surface area contributed by atoms with E-state index in [2.05, 4.69) is 0 Å². The molecule has 0 unspecified atom stereocenters. The lowest BCUT2D eigenvalue weighted by Gasteiger charge is -2.20. The van der Waals surface area contributed by atoms with Gasteiger partial charge in [-0.15, -0.1) is 0 Å². The highest BCUT2D eigenvalue weighted by Crippen LogP contribution is 2.38. The molecule has 8 heteroatoms. The predicted octanol–water partition coefficient (Wildman–Crippen LogP) is 5.05. The van der Waals surface area contributed by atoms with Crippen molar-refractivity contribution < 1.29 is 33.3 Å². The number of carbonyl (C=O) groups is 2. The Balaban J connectivity index is 1.41. The van der Waals surface area contributed by atoms with Crippen molar-refractivity contribution in [3.05, 3.63) is 87.6 Å². The second-order valence-electron chi connectivity index (χ2n) is 7.28. The van der Waals surface area contributed by atoms with Crippen LogP contribution in [0.15, 0.2) is 60.4 Å². The Bertz CT molecular complexity index is 1310. The van der Waals surface area contributed by atoms with Crippen LogP contribution < -0.4 is 18.9 Å². The average molecular weight is 465 g/mol. The SMILES string of the molecule is COc1ccccc1C(=O)Oc1ccc2c(c1)OC(=Cc1cc(Cl)cc3c1OCOC3)C2=O. The molecule has 5 rings (SSSR count). The molecule has 3 aromatic carbocycles. The van der Waals surface area contributed by atoms with Gasteiger partial charge in [0.1, 0.15) is 28.6 Å². The number of fused-ring (bicyclic) bond motifs is 2. The van der Waals surface area contributed by atoms with Gasteiger partial charge in [-0.3, -0.25) is 4.79 Å². The number of halogens is 1. The van der Waals surface area contributed by atoms with Crippen molar-refractivity contribution in [2.24, 2.45) is 0 Å². The monoisotopic (exact) mass is 464 g/mol. The number of rotatable bonds is 4. The number of ketones is 1. The number of hydrogen-bond donors (Lipinski definition) is 0. The largest absolute Gasteiger partial charge is 0.496 e. The van der Waals surface area contributed by atoms with Crippen LogP contribution in [0.1, 0.15) is 31.8 Å². The summed E-state index contributed by atoms with van der Waals surface area (Å²) in [5.74, 6) is 0.745. The molecule has 2 aliphatic heterocycles. The van der Waals surface area contributed by atoms with Gasteiger partial charge in [-0.2, -0.15) is 0 Å². The van der Waals surface area contributed by atoms with Gasteiger partial charge in [0, 0.05) is 22.2 Å². The Labute approximate surface area is 194 Å². The van der Waals surface area contributed by atoms with Crippen molar-refractivity contribution in [1.29, 1.82) is 0 Å². The van der Waals surface area contributed by atoms with Crippen LogP contribution in [-0.2, 0) is 11.3 Å². The van der Waals surface area contributed by atoms with Crippen LogP contribution in [-0.4, -0.2) is 25.7 Å². The molecule has 0 N–H and O–H groups in total. The Kier molecular flexibility index (Phi) is 5.50. The molecule has 33 heavy (non-hydrogen) atoms. The van der Waals surface area contributed by atoms with Crippen molar-refractivity contribution in [2.45, 2.75) is 6.61 Å². The Morgan fingerprint density at radius 2 is 1.97 bits per heavy atom. The van der Waals surface area contributed by atoms with Gasteiger partial charge in [0.05, 0.1) is 19.3 Å². The van der Waals surface area contributed by atoms with Gasteiger partial charge in [0.25, 0.3) is 0 Å². The first-order valence-corrected chi connectivity index (χ1v) is 10.4. The number of benzene rings is 3. The molecular formula is C25H17ClO7. The Morgan fingerprint density at radius 3 is 2.82 bits per heavy atom. The maximum absolute atomic E-state index is 12.9. The summed E-state index contributed by atoms with van der Waals surface area (Å²) in [6.07, 6.45) is 1.58. The molecule has 0 spiro atoms. The predicted molar refractivity (Wildman–Crippen MR) is 119 cm³/mol. The number of ether oxygens (including phenoxy) is 5. The van der Waals surface area contributed by atoms with E-state index >= 15 is 0 Å². The highest BCUT2D eigenvalue weighted by Gasteiger charge is 2.29. The quantitative estimate of drug-likeness (QED) is 0.303. The first-order valence-electron chi connectivity index (χ1n) is 10.00. The molecular weight excluding hydrogens is 448 g/mol. The normalized spacial score (nSPS) is 15.3. The lowest BCUT2D eigenvalue weighted by molar-refractivity contribution is -0.0165. The molecule has 0 amide bonds. The molecule has 0 saturated heterocycles. The summed E-state index contributed by atoms with van der Waals surface area (Å²) in [5.41, 5.74) is 2.04. The third-order valence-corrected chi connectivity index (χ3v) is 5.39. The summed E-state index contributed by atoms with van der Waals surface area (Å²) < 4.78 is 27.4. The van der Waals surface area contributed by atoms with Crippen LogP contribution in [0.4, 0.5) is 0 Å². The maximum Gasteiger partial charge on any atom is 0.347 e. The minimum absolute atomic E-state index is 0.109. The summed E-state index contributed by atoms with van der Waals surface area (Å²) in [6, 6.07) is 14.8. The second-order valence-corrected chi connectivity index (χ2v) is 7.72. The van der Waals surface area contributed by atoms with Crippen molar-refractivity contribution in [3.63, 3.8) is 0 Å². The minimum Gasteiger partial charge on any atom is -0.496 e. The van der Waals surface area contributed by atoms with E-state index in [0.717, 1.165) is 5.56 Å². The summed E-state index contributed by atoms with van der Waals surface area (Å²) in [5, 5.41) is 0.489. The summed E-state index contributed by atoms with van der Waals surface area (Å²) in [7, 11) is 1.48. The number of hydrogen-bond acceptors (Lipinski definition) is 7. The maximum atomic E-state index is 12.9. The van der Waals surface area contributed by atoms with Crippen molar-refractivity contribution in [1.82, 2.24) is 0 Å². The van der Waals surface area contributed by atoms with Crippen LogP contribution in [0, 0.1) is 0 Å². The van der Waals surface area contributed by atoms with E-state index in [0.29, 0.717) is 34.3 Å². The fraction of sp³-hybridized carbons (Fsp3) is 0.120. The lowest BCUT2D eigenvalue weighted by Crippen LogP contribution is -2.12. The fourth-order valence-corrected chi connectivity index (χ4v) is 3.91. The number of carbonyl (C=O) groups excluding carboxylic acids is 2. The zero-order valence-corrected chi connectivity index (χ0v) is 18.2. The zero-order chi connectivity index (χ0) is 22.9. The Hall–Kier alpha value is -3.81. The molecule has 0 atom stereocenters. The van der Waals surface area contributed by atoms with Crippen molar-refractivity contribution in [2.75, 3.05) is 13.9 Å². The highest BCUT2D eigenvalue weighted by atomic mass is 35.5. The lowest BCUT2D eigenvalue weighted by atomic mass is 10.1. The smallest absolute Gasteiger partial charge is 0.347 e. The van der Waals surface area contributed by atoms with Gasteiger partial charge in [0.15, 0.2) is 12.6 Å². The standard InChI is InChI=1S/C25H17ClO7/c1-29-20-5-3-2-4-19(20)25(28)32-17-6-7-18-21(11-17)33-22(23(18)27)10-14-8-16(26)9-15-12-30-13-31-24(14)15/h2-11H,12-13H2,1H3. The first-order chi connectivity index (χ1) is 16.0. The molecule has 166 valence electrons. The summed E-state index contributed by atoms with van der Waals surface area (Å²) >= 11 is 6.21. The summed E-state index contributed by atoms with van der Waals surface area (Å²) in [6.45, 7) is 0.475. The van der Waals surface area contributed by atoms with Crippen LogP contribution >= 0.6 is 11.6 Å². The minimum atomic E-state index is -0.586. The molecule has 0 radical (unpaired) electrons. The molecule has 2 aliphatic rings. The van der Waals surface area contributed by atoms with E-state index in [1.165, 1.54) is 19.2 Å². The second kappa shape index (κ2) is 8.61. The molecule has 0 aliphatic carbocycles. The van der Waals surface area contributed by atoms with Crippen LogP contribution in [0.25, 0.3) is 6.08 Å². The molecule has 7 nitrogen and oxygen atoms in total. The van der Waals surface area contributed by atoms with Gasteiger partial charge < -0.3 is 23.7 Å². The zero-order valence-electron chi connectivity index (χ0n) is 17.4. The van der Waals surface area contributed by atoms with E-state index in [-0.39, 0.29) is 35.4 Å². The molecule has 0 saturated carbocycles.